The maximum absolute atomic E-state index is 11.3. The highest BCUT2D eigenvalue weighted by atomic mass is 32.2. The molecule has 1 unspecified atom stereocenters. The van der Waals surface area contributed by atoms with Crippen LogP contribution in [-0.4, -0.2) is 35.8 Å². The Morgan fingerprint density at radius 3 is 2.76 bits per heavy atom. The number of para-hydroxylation sites is 1. The number of aliphatic hydroxyl groups excluding tert-OH is 1. The van der Waals surface area contributed by atoms with Crippen LogP contribution in [0.15, 0.2) is 24.3 Å². The van der Waals surface area contributed by atoms with Gasteiger partial charge in [-0.25, -0.2) is 4.79 Å². The lowest BCUT2D eigenvalue weighted by Gasteiger charge is -2.27. The first-order valence-electron chi connectivity index (χ1n) is 5.31. The van der Waals surface area contributed by atoms with Gasteiger partial charge >= 0.3 is 5.97 Å². The molecule has 0 aromatic heterocycles. The van der Waals surface area contributed by atoms with Crippen molar-refractivity contribution in [3.63, 3.8) is 0 Å². The van der Waals surface area contributed by atoms with Crippen molar-refractivity contribution >= 4 is 17.7 Å². The number of rotatable bonds is 4. The SMILES string of the molecule is COC(=O)C(O)c1ccccc1OC1CSC1. The van der Waals surface area contributed by atoms with Gasteiger partial charge in [0.25, 0.3) is 0 Å². The zero-order chi connectivity index (χ0) is 12.3. The standard InChI is InChI=1S/C12H14O4S/c1-15-12(14)11(13)9-4-2-3-5-10(9)16-8-6-17-7-8/h2-5,8,11,13H,6-7H2,1H3. The highest BCUT2D eigenvalue weighted by molar-refractivity contribution is 8.00. The molecule has 0 amide bonds. The summed E-state index contributed by atoms with van der Waals surface area (Å²) in [6.45, 7) is 0. The van der Waals surface area contributed by atoms with Crippen LogP contribution in [0.25, 0.3) is 0 Å². The van der Waals surface area contributed by atoms with Gasteiger partial charge in [0.15, 0.2) is 6.10 Å². The topological polar surface area (TPSA) is 55.8 Å². The second kappa shape index (κ2) is 5.42. The molecule has 1 fully saturated rings. The van der Waals surface area contributed by atoms with Crippen molar-refractivity contribution in [3.05, 3.63) is 29.8 Å². The third-order valence-corrected chi connectivity index (χ3v) is 3.75. The van der Waals surface area contributed by atoms with Crippen LogP contribution < -0.4 is 4.74 Å². The molecule has 1 aromatic rings. The van der Waals surface area contributed by atoms with E-state index in [0.29, 0.717) is 11.3 Å². The van der Waals surface area contributed by atoms with E-state index in [4.69, 9.17) is 4.74 Å². The number of carbonyl (C=O) groups excluding carboxylic acids is 1. The second-order valence-electron chi connectivity index (χ2n) is 3.74. The maximum Gasteiger partial charge on any atom is 0.339 e. The number of hydrogen-bond acceptors (Lipinski definition) is 5. The largest absolute Gasteiger partial charge is 0.488 e. The van der Waals surface area contributed by atoms with E-state index >= 15 is 0 Å². The Morgan fingerprint density at radius 2 is 2.18 bits per heavy atom. The lowest BCUT2D eigenvalue weighted by Crippen LogP contribution is -2.31. The van der Waals surface area contributed by atoms with E-state index in [1.807, 2.05) is 17.8 Å². The molecule has 1 atom stereocenters. The molecular weight excluding hydrogens is 240 g/mol. The predicted molar refractivity (Wildman–Crippen MR) is 65.2 cm³/mol. The Labute approximate surface area is 104 Å². The monoisotopic (exact) mass is 254 g/mol. The fourth-order valence-corrected chi connectivity index (χ4v) is 2.08. The Hall–Kier alpha value is -1.20. The fraction of sp³-hybridized carbons (Fsp3) is 0.417. The molecule has 0 saturated carbocycles. The molecule has 4 nitrogen and oxygen atoms in total. The van der Waals surface area contributed by atoms with Crippen LogP contribution >= 0.6 is 11.8 Å². The molecule has 92 valence electrons. The number of benzene rings is 1. The van der Waals surface area contributed by atoms with Crippen molar-refractivity contribution in [2.24, 2.45) is 0 Å². The quantitative estimate of drug-likeness (QED) is 0.823. The lowest BCUT2D eigenvalue weighted by atomic mass is 10.1. The molecule has 0 bridgehead atoms. The zero-order valence-electron chi connectivity index (χ0n) is 9.46. The van der Waals surface area contributed by atoms with Crippen LogP contribution in [0.3, 0.4) is 0 Å². The minimum atomic E-state index is -1.29. The molecule has 1 heterocycles. The third-order valence-electron chi connectivity index (χ3n) is 2.54. The fourth-order valence-electron chi connectivity index (χ4n) is 1.51. The van der Waals surface area contributed by atoms with Crippen molar-refractivity contribution < 1.29 is 19.4 Å². The number of aliphatic hydroxyl groups is 1. The van der Waals surface area contributed by atoms with E-state index in [2.05, 4.69) is 4.74 Å². The number of carbonyl (C=O) groups is 1. The van der Waals surface area contributed by atoms with Crippen molar-refractivity contribution in [1.29, 1.82) is 0 Å². The van der Waals surface area contributed by atoms with Crippen molar-refractivity contribution in [2.75, 3.05) is 18.6 Å². The summed E-state index contributed by atoms with van der Waals surface area (Å²) in [6, 6.07) is 6.99. The number of thioether (sulfide) groups is 1. The first-order valence-corrected chi connectivity index (χ1v) is 6.47. The van der Waals surface area contributed by atoms with Crippen LogP contribution in [0, 0.1) is 0 Å². The first kappa shape index (κ1) is 12.3. The molecular formula is C12H14O4S. The molecule has 17 heavy (non-hydrogen) atoms. The summed E-state index contributed by atoms with van der Waals surface area (Å²) in [4.78, 5) is 11.3. The summed E-state index contributed by atoms with van der Waals surface area (Å²) < 4.78 is 10.2. The van der Waals surface area contributed by atoms with Crippen LogP contribution in [0.1, 0.15) is 11.7 Å². The number of esters is 1. The molecule has 0 aliphatic carbocycles. The summed E-state index contributed by atoms with van der Waals surface area (Å²) in [5.74, 6) is 1.77. The van der Waals surface area contributed by atoms with Crippen LogP contribution in [0.2, 0.25) is 0 Å². The van der Waals surface area contributed by atoms with E-state index in [-0.39, 0.29) is 6.10 Å². The van der Waals surface area contributed by atoms with E-state index in [1.165, 1.54) is 7.11 Å². The molecule has 0 spiro atoms. The normalized spacial score (nSPS) is 17.1. The van der Waals surface area contributed by atoms with Crippen molar-refractivity contribution in [3.8, 4) is 5.75 Å². The maximum atomic E-state index is 11.3. The van der Waals surface area contributed by atoms with E-state index in [0.717, 1.165) is 11.5 Å². The van der Waals surface area contributed by atoms with Gasteiger partial charge in [-0.3, -0.25) is 0 Å². The highest BCUT2D eigenvalue weighted by Crippen LogP contribution is 2.30. The van der Waals surface area contributed by atoms with E-state index < -0.39 is 12.1 Å². The second-order valence-corrected chi connectivity index (χ2v) is 4.82. The molecule has 1 aliphatic heterocycles. The summed E-state index contributed by atoms with van der Waals surface area (Å²) in [7, 11) is 1.25. The summed E-state index contributed by atoms with van der Waals surface area (Å²) >= 11 is 1.81. The number of methoxy groups -OCH3 is 1. The van der Waals surface area contributed by atoms with E-state index in [9.17, 15) is 9.90 Å². The minimum Gasteiger partial charge on any atom is -0.488 e. The zero-order valence-corrected chi connectivity index (χ0v) is 10.3. The summed E-state index contributed by atoms with van der Waals surface area (Å²) in [5, 5.41) is 9.81. The average Bonchev–Trinajstić information content (AvgIpc) is 2.32. The van der Waals surface area contributed by atoms with Gasteiger partial charge in [0.05, 0.1) is 7.11 Å². The summed E-state index contributed by atoms with van der Waals surface area (Å²) in [5.41, 5.74) is 0.455. The molecule has 1 aromatic carbocycles. The van der Waals surface area contributed by atoms with Gasteiger partial charge in [-0.15, -0.1) is 0 Å². The van der Waals surface area contributed by atoms with Gasteiger partial charge in [0, 0.05) is 17.1 Å². The minimum absolute atomic E-state index is 0.172. The van der Waals surface area contributed by atoms with Crippen LogP contribution in [0.4, 0.5) is 0 Å². The van der Waals surface area contributed by atoms with Gasteiger partial charge in [0.2, 0.25) is 0 Å². The Morgan fingerprint density at radius 1 is 1.47 bits per heavy atom. The lowest BCUT2D eigenvalue weighted by molar-refractivity contribution is -0.150. The van der Waals surface area contributed by atoms with Crippen LogP contribution in [-0.2, 0) is 9.53 Å². The molecule has 0 radical (unpaired) electrons. The Balaban J connectivity index is 2.16. The first-order chi connectivity index (χ1) is 8.22. The molecule has 2 rings (SSSR count). The predicted octanol–water partition coefficient (Wildman–Crippen LogP) is 1.39. The molecule has 5 heteroatoms. The van der Waals surface area contributed by atoms with Gasteiger partial charge in [-0.05, 0) is 6.07 Å². The summed E-state index contributed by atoms with van der Waals surface area (Å²) in [6.07, 6.45) is -1.12. The van der Waals surface area contributed by atoms with E-state index in [1.54, 1.807) is 18.2 Å². The average molecular weight is 254 g/mol. The third kappa shape index (κ3) is 2.73. The van der Waals surface area contributed by atoms with Crippen LogP contribution in [0.5, 0.6) is 5.75 Å². The molecule has 1 aliphatic rings. The van der Waals surface area contributed by atoms with Gasteiger partial charge < -0.3 is 14.6 Å². The Bertz CT molecular complexity index is 403. The Kier molecular flexibility index (Phi) is 3.91. The number of ether oxygens (including phenoxy) is 2. The smallest absolute Gasteiger partial charge is 0.339 e. The van der Waals surface area contributed by atoms with Gasteiger partial charge in [-0.1, -0.05) is 18.2 Å². The van der Waals surface area contributed by atoms with Gasteiger partial charge in [-0.2, -0.15) is 11.8 Å². The molecule has 1 N–H and O–H groups in total. The molecule has 1 saturated heterocycles. The number of hydrogen-bond donors (Lipinski definition) is 1. The van der Waals surface area contributed by atoms with Crippen molar-refractivity contribution in [1.82, 2.24) is 0 Å². The highest BCUT2D eigenvalue weighted by Gasteiger charge is 2.25. The van der Waals surface area contributed by atoms with Crippen molar-refractivity contribution in [2.45, 2.75) is 12.2 Å². The van der Waals surface area contributed by atoms with Gasteiger partial charge in [0.1, 0.15) is 11.9 Å².